The smallest absolute Gasteiger partial charge is 0.240 e. The molecule has 0 atom stereocenters. The number of Topliss-reactive ketones (excluding diaryl/α,β-unsaturated/α-hetero) is 1. The van der Waals surface area contributed by atoms with Crippen LogP contribution in [0.3, 0.4) is 0 Å². The van der Waals surface area contributed by atoms with E-state index >= 15 is 0 Å². The lowest BCUT2D eigenvalue weighted by Gasteiger charge is -2.06. The molecule has 0 aliphatic carbocycles. The van der Waals surface area contributed by atoms with Gasteiger partial charge in [0.1, 0.15) is 0 Å². The van der Waals surface area contributed by atoms with Gasteiger partial charge in [0.05, 0.1) is 11.1 Å². The van der Waals surface area contributed by atoms with E-state index in [0.29, 0.717) is 5.56 Å². The van der Waals surface area contributed by atoms with Gasteiger partial charge in [-0.05, 0) is 19.1 Å². The summed E-state index contributed by atoms with van der Waals surface area (Å²) in [5, 5.41) is 3.96. The summed E-state index contributed by atoms with van der Waals surface area (Å²) < 4.78 is 28.4. The van der Waals surface area contributed by atoms with Crippen molar-refractivity contribution in [3.8, 4) is 0 Å². The molecule has 0 unspecified atom stereocenters. The normalized spacial score (nSPS) is 11.5. The van der Waals surface area contributed by atoms with Crippen molar-refractivity contribution in [3.05, 3.63) is 47.8 Å². The first-order valence-electron chi connectivity index (χ1n) is 5.97. The standard InChI is InChI=1S/C13H15N3O3S/c1-10(17)12-4-3-5-13(6-12)20(18,19)15-8-11-7-14-16(2)9-11/h3-7,9,15H,8H2,1-2H3. The maximum absolute atomic E-state index is 12.1. The second-order valence-corrected chi connectivity index (χ2v) is 6.20. The Hall–Kier alpha value is -1.99. The lowest BCUT2D eigenvalue weighted by atomic mass is 10.2. The first-order valence-corrected chi connectivity index (χ1v) is 7.45. The van der Waals surface area contributed by atoms with Crippen molar-refractivity contribution in [1.29, 1.82) is 0 Å². The predicted octanol–water partition coefficient (Wildman–Crippen LogP) is 1.10. The van der Waals surface area contributed by atoms with E-state index in [1.165, 1.54) is 19.1 Å². The Labute approximate surface area is 117 Å². The molecule has 1 heterocycles. The second kappa shape index (κ2) is 5.56. The van der Waals surface area contributed by atoms with Crippen LogP contribution in [0.5, 0.6) is 0 Å². The number of ketones is 1. The molecule has 0 aliphatic heterocycles. The zero-order valence-electron chi connectivity index (χ0n) is 11.2. The Kier molecular flexibility index (Phi) is 4.01. The molecule has 0 saturated carbocycles. The molecular weight excluding hydrogens is 278 g/mol. The van der Waals surface area contributed by atoms with Gasteiger partial charge < -0.3 is 0 Å². The first kappa shape index (κ1) is 14.4. The fraction of sp³-hybridized carbons (Fsp3) is 0.231. The number of sulfonamides is 1. The summed E-state index contributed by atoms with van der Waals surface area (Å²) in [6.45, 7) is 1.55. The summed E-state index contributed by atoms with van der Waals surface area (Å²) in [5.74, 6) is -0.172. The molecule has 1 aromatic carbocycles. The number of nitrogens with one attached hydrogen (secondary N) is 1. The molecule has 0 bridgehead atoms. The minimum Gasteiger partial charge on any atom is -0.295 e. The SMILES string of the molecule is CC(=O)c1cccc(S(=O)(=O)NCc2cnn(C)c2)c1. The van der Waals surface area contributed by atoms with Gasteiger partial charge in [0.2, 0.25) is 10.0 Å². The highest BCUT2D eigenvalue weighted by molar-refractivity contribution is 7.89. The molecular formula is C13H15N3O3S. The van der Waals surface area contributed by atoms with E-state index < -0.39 is 10.0 Å². The first-order chi connectivity index (χ1) is 9.38. The lowest BCUT2D eigenvalue weighted by molar-refractivity contribution is 0.101. The Morgan fingerprint density at radius 3 is 2.75 bits per heavy atom. The summed E-state index contributed by atoms with van der Waals surface area (Å²) in [5.41, 5.74) is 1.13. The molecule has 0 radical (unpaired) electrons. The van der Waals surface area contributed by atoms with Gasteiger partial charge in [0.25, 0.3) is 0 Å². The number of nitrogens with zero attached hydrogens (tertiary/aromatic N) is 2. The third-order valence-corrected chi connectivity index (χ3v) is 4.17. The Morgan fingerprint density at radius 2 is 2.15 bits per heavy atom. The van der Waals surface area contributed by atoms with Gasteiger partial charge in [-0.15, -0.1) is 0 Å². The van der Waals surface area contributed by atoms with E-state index in [9.17, 15) is 13.2 Å². The van der Waals surface area contributed by atoms with Gasteiger partial charge in [-0.1, -0.05) is 12.1 Å². The number of benzene rings is 1. The third kappa shape index (κ3) is 3.31. The van der Waals surface area contributed by atoms with E-state index in [0.717, 1.165) is 5.56 Å². The molecule has 0 spiro atoms. The average molecular weight is 293 g/mol. The molecule has 106 valence electrons. The van der Waals surface area contributed by atoms with E-state index in [1.54, 1.807) is 36.3 Å². The molecule has 0 amide bonds. The summed E-state index contributed by atoms with van der Waals surface area (Å²) in [6.07, 6.45) is 3.32. The van der Waals surface area contributed by atoms with Crippen LogP contribution in [-0.2, 0) is 23.6 Å². The van der Waals surface area contributed by atoms with Gasteiger partial charge in [0.15, 0.2) is 5.78 Å². The molecule has 1 aromatic heterocycles. The topological polar surface area (TPSA) is 81.1 Å². The fourth-order valence-electron chi connectivity index (χ4n) is 1.71. The Balaban J connectivity index is 2.17. The van der Waals surface area contributed by atoms with E-state index in [1.807, 2.05) is 0 Å². The molecule has 20 heavy (non-hydrogen) atoms. The van der Waals surface area contributed by atoms with Crippen LogP contribution in [0.2, 0.25) is 0 Å². The molecule has 7 heteroatoms. The van der Waals surface area contributed by atoms with Gasteiger partial charge >= 0.3 is 0 Å². The number of aromatic nitrogens is 2. The Morgan fingerprint density at radius 1 is 1.40 bits per heavy atom. The van der Waals surface area contributed by atoms with E-state index in [4.69, 9.17) is 0 Å². The molecule has 2 aromatic rings. The van der Waals surface area contributed by atoms with Crippen molar-refractivity contribution in [1.82, 2.24) is 14.5 Å². The van der Waals surface area contributed by atoms with Crippen LogP contribution in [0, 0.1) is 0 Å². The number of carbonyl (C=O) groups is 1. The highest BCUT2D eigenvalue weighted by Crippen LogP contribution is 2.12. The molecule has 0 fully saturated rings. The van der Waals surface area contributed by atoms with Crippen molar-refractivity contribution in [2.24, 2.45) is 7.05 Å². The number of hydrogen-bond acceptors (Lipinski definition) is 4. The zero-order chi connectivity index (χ0) is 14.8. The number of hydrogen-bond donors (Lipinski definition) is 1. The van der Waals surface area contributed by atoms with Crippen LogP contribution >= 0.6 is 0 Å². The Bertz CT molecular complexity index is 735. The van der Waals surface area contributed by atoms with Gasteiger partial charge in [-0.25, -0.2) is 13.1 Å². The van der Waals surface area contributed by atoms with E-state index in [2.05, 4.69) is 9.82 Å². The lowest BCUT2D eigenvalue weighted by Crippen LogP contribution is -2.23. The fourth-order valence-corrected chi connectivity index (χ4v) is 2.77. The highest BCUT2D eigenvalue weighted by atomic mass is 32.2. The highest BCUT2D eigenvalue weighted by Gasteiger charge is 2.15. The predicted molar refractivity (Wildman–Crippen MR) is 73.7 cm³/mol. The average Bonchev–Trinajstić information content (AvgIpc) is 2.82. The van der Waals surface area contributed by atoms with Crippen LogP contribution in [0.1, 0.15) is 22.8 Å². The van der Waals surface area contributed by atoms with Gasteiger partial charge in [0, 0.05) is 30.9 Å². The minimum absolute atomic E-state index is 0.0779. The van der Waals surface area contributed by atoms with Crippen molar-refractivity contribution >= 4 is 15.8 Å². The largest absolute Gasteiger partial charge is 0.295 e. The van der Waals surface area contributed by atoms with Crippen molar-refractivity contribution in [2.45, 2.75) is 18.4 Å². The summed E-state index contributed by atoms with van der Waals surface area (Å²) in [7, 11) is -1.89. The molecule has 1 N–H and O–H groups in total. The minimum atomic E-state index is -3.64. The van der Waals surface area contributed by atoms with Crippen molar-refractivity contribution < 1.29 is 13.2 Å². The third-order valence-electron chi connectivity index (χ3n) is 2.78. The molecule has 0 saturated heterocycles. The summed E-state index contributed by atoms with van der Waals surface area (Å²) in [4.78, 5) is 11.4. The molecule has 2 rings (SSSR count). The second-order valence-electron chi connectivity index (χ2n) is 4.43. The van der Waals surface area contributed by atoms with Crippen molar-refractivity contribution in [2.75, 3.05) is 0 Å². The van der Waals surface area contributed by atoms with Gasteiger partial charge in [-0.2, -0.15) is 5.10 Å². The number of aryl methyl sites for hydroxylation is 1. The van der Waals surface area contributed by atoms with Crippen molar-refractivity contribution in [3.63, 3.8) is 0 Å². The molecule has 0 aliphatic rings. The molecule has 6 nitrogen and oxygen atoms in total. The van der Waals surface area contributed by atoms with E-state index in [-0.39, 0.29) is 17.2 Å². The zero-order valence-corrected chi connectivity index (χ0v) is 12.0. The van der Waals surface area contributed by atoms with Gasteiger partial charge in [-0.3, -0.25) is 9.48 Å². The number of rotatable bonds is 5. The van der Waals surface area contributed by atoms with Crippen LogP contribution in [0.4, 0.5) is 0 Å². The van der Waals surface area contributed by atoms with Crippen LogP contribution < -0.4 is 4.72 Å². The van der Waals surface area contributed by atoms with Crippen LogP contribution in [0.15, 0.2) is 41.6 Å². The maximum atomic E-state index is 12.1. The quantitative estimate of drug-likeness (QED) is 0.837. The van der Waals surface area contributed by atoms with Crippen LogP contribution in [0.25, 0.3) is 0 Å². The summed E-state index contributed by atoms with van der Waals surface area (Å²) >= 11 is 0. The maximum Gasteiger partial charge on any atom is 0.240 e. The van der Waals surface area contributed by atoms with Crippen LogP contribution in [-0.4, -0.2) is 24.0 Å². The number of carbonyl (C=O) groups excluding carboxylic acids is 1. The summed E-state index contributed by atoms with van der Waals surface area (Å²) in [6, 6.07) is 5.96. The monoisotopic (exact) mass is 293 g/mol.